The summed E-state index contributed by atoms with van der Waals surface area (Å²) >= 11 is 20.0. The van der Waals surface area contributed by atoms with Crippen LogP contribution in [0, 0.1) is 0 Å². The van der Waals surface area contributed by atoms with E-state index < -0.39 is 6.04 Å². The molecule has 0 saturated heterocycles. The van der Waals surface area contributed by atoms with Crippen LogP contribution in [0.2, 0.25) is 15.1 Å². The molecule has 180 valence electrons. The first-order valence-corrected chi connectivity index (χ1v) is 13.4. The molecule has 33 heavy (non-hydrogen) atoms. The second-order valence-electron chi connectivity index (χ2n) is 7.73. The van der Waals surface area contributed by atoms with Crippen molar-refractivity contribution in [1.82, 2.24) is 10.2 Å². The fourth-order valence-electron chi connectivity index (χ4n) is 3.35. The Hall–Kier alpha value is -1.40. The van der Waals surface area contributed by atoms with E-state index in [1.54, 1.807) is 28.8 Å². The van der Waals surface area contributed by atoms with Crippen molar-refractivity contribution in [1.29, 1.82) is 0 Å². The zero-order valence-corrected chi connectivity index (χ0v) is 22.2. The maximum absolute atomic E-state index is 13.3. The van der Waals surface area contributed by atoms with Gasteiger partial charge in [-0.1, -0.05) is 61.1 Å². The molecule has 0 bridgehead atoms. The molecule has 1 unspecified atom stereocenters. The number of carbonyl (C=O) groups is 2. The highest BCUT2D eigenvalue weighted by atomic mass is 35.5. The molecule has 0 heterocycles. The highest BCUT2D eigenvalue weighted by Gasteiger charge is 2.28. The Bertz CT molecular complexity index is 909. The lowest BCUT2D eigenvalue weighted by Crippen LogP contribution is -2.49. The van der Waals surface area contributed by atoms with Gasteiger partial charge in [0.05, 0.1) is 0 Å². The van der Waals surface area contributed by atoms with Crippen molar-refractivity contribution in [2.45, 2.75) is 63.4 Å². The van der Waals surface area contributed by atoms with Crippen LogP contribution in [0.4, 0.5) is 0 Å². The maximum Gasteiger partial charge on any atom is 0.242 e. The van der Waals surface area contributed by atoms with Crippen LogP contribution in [0.25, 0.3) is 0 Å². The zero-order chi connectivity index (χ0) is 24.2. The van der Waals surface area contributed by atoms with E-state index in [9.17, 15) is 9.59 Å². The van der Waals surface area contributed by atoms with Gasteiger partial charge in [-0.2, -0.15) is 0 Å². The summed E-state index contributed by atoms with van der Waals surface area (Å²) < 4.78 is 0. The van der Waals surface area contributed by atoms with Crippen LogP contribution in [0.5, 0.6) is 0 Å². The van der Waals surface area contributed by atoms with E-state index in [1.807, 2.05) is 37.3 Å². The fraction of sp³-hybridized carbons (Fsp3) is 0.440. The van der Waals surface area contributed by atoms with Gasteiger partial charge in [0.15, 0.2) is 0 Å². The van der Waals surface area contributed by atoms with Crippen molar-refractivity contribution in [3.05, 3.63) is 63.1 Å². The quantitative estimate of drug-likeness (QED) is 0.220. The Morgan fingerprint density at radius 3 is 2.33 bits per heavy atom. The van der Waals surface area contributed by atoms with Gasteiger partial charge in [0.2, 0.25) is 11.8 Å². The van der Waals surface area contributed by atoms with E-state index >= 15 is 0 Å². The average Bonchev–Trinajstić information content (AvgIpc) is 2.79. The van der Waals surface area contributed by atoms with Gasteiger partial charge < -0.3 is 10.2 Å². The normalized spacial score (nSPS) is 11.8. The smallest absolute Gasteiger partial charge is 0.242 e. The van der Waals surface area contributed by atoms with Gasteiger partial charge >= 0.3 is 0 Å². The third-order valence-electron chi connectivity index (χ3n) is 5.19. The Balaban J connectivity index is 2.07. The minimum atomic E-state index is -0.551. The monoisotopic (exact) mass is 528 g/mol. The van der Waals surface area contributed by atoms with Crippen LogP contribution in [0.15, 0.2) is 47.4 Å². The summed E-state index contributed by atoms with van der Waals surface area (Å²) in [6.45, 7) is 4.86. The van der Waals surface area contributed by atoms with E-state index in [-0.39, 0.29) is 18.4 Å². The largest absolute Gasteiger partial charge is 0.354 e. The Labute approximate surface area is 216 Å². The predicted molar refractivity (Wildman–Crippen MR) is 140 cm³/mol. The number of carbonyl (C=O) groups excluding carboxylic acids is 2. The van der Waals surface area contributed by atoms with E-state index in [0.29, 0.717) is 40.9 Å². The predicted octanol–water partition coefficient (Wildman–Crippen LogP) is 7.24. The van der Waals surface area contributed by atoms with Gasteiger partial charge in [-0.15, -0.1) is 11.8 Å². The molecular formula is C25H31Cl3N2O2S. The van der Waals surface area contributed by atoms with Crippen LogP contribution < -0.4 is 5.32 Å². The van der Waals surface area contributed by atoms with Crippen molar-refractivity contribution >= 4 is 58.4 Å². The standard InChI is InChI=1S/C25H31Cl3N2O2S/c1-3-5-14-29-25(32)23(4-2)30(17-18-8-9-20(27)16-22(18)28)24(31)7-6-15-33-21-12-10-19(26)11-13-21/h8-13,16,23H,3-7,14-15,17H2,1-2H3,(H,29,32). The molecule has 0 aliphatic carbocycles. The van der Waals surface area contributed by atoms with Crippen molar-refractivity contribution in [3.63, 3.8) is 0 Å². The van der Waals surface area contributed by atoms with Crippen LogP contribution in [0.3, 0.4) is 0 Å². The fourth-order valence-corrected chi connectivity index (χ4v) is 4.79. The number of rotatable bonds is 13. The molecule has 8 heteroatoms. The van der Waals surface area contributed by atoms with Crippen molar-refractivity contribution in [2.24, 2.45) is 0 Å². The van der Waals surface area contributed by atoms with Crippen molar-refractivity contribution in [3.8, 4) is 0 Å². The molecular weight excluding hydrogens is 499 g/mol. The van der Waals surface area contributed by atoms with Gasteiger partial charge in [-0.05, 0) is 67.0 Å². The molecule has 2 rings (SSSR count). The first-order chi connectivity index (χ1) is 15.8. The summed E-state index contributed by atoms with van der Waals surface area (Å²) in [6, 6.07) is 12.3. The first kappa shape index (κ1) is 27.8. The Morgan fingerprint density at radius 1 is 1.00 bits per heavy atom. The first-order valence-electron chi connectivity index (χ1n) is 11.2. The molecule has 4 nitrogen and oxygen atoms in total. The molecule has 0 fully saturated rings. The summed E-state index contributed by atoms with van der Waals surface area (Å²) in [6.07, 6.45) is 3.47. The summed E-state index contributed by atoms with van der Waals surface area (Å²) in [5.74, 6) is 0.609. The number of hydrogen-bond acceptors (Lipinski definition) is 3. The van der Waals surface area contributed by atoms with Crippen molar-refractivity contribution in [2.75, 3.05) is 12.3 Å². The van der Waals surface area contributed by atoms with Gasteiger partial charge in [-0.25, -0.2) is 0 Å². The van der Waals surface area contributed by atoms with Crippen LogP contribution in [-0.4, -0.2) is 35.1 Å². The van der Waals surface area contributed by atoms with Gasteiger partial charge in [0, 0.05) is 39.5 Å². The summed E-state index contributed by atoms with van der Waals surface area (Å²) in [5.41, 5.74) is 0.768. The molecule has 0 aromatic heterocycles. The molecule has 2 aromatic rings. The average molecular weight is 530 g/mol. The third kappa shape index (κ3) is 9.40. The minimum Gasteiger partial charge on any atom is -0.354 e. The molecule has 0 saturated carbocycles. The van der Waals surface area contributed by atoms with Crippen molar-refractivity contribution < 1.29 is 9.59 Å². The summed E-state index contributed by atoms with van der Waals surface area (Å²) in [5, 5.41) is 4.69. The molecule has 0 aliphatic heterocycles. The number of benzene rings is 2. The van der Waals surface area contributed by atoms with Gasteiger partial charge in [-0.3, -0.25) is 9.59 Å². The number of amides is 2. The van der Waals surface area contributed by atoms with Crippen LogP contribution in [0.1, 0.15) is 51.5 Å². The molecule has 0 aliphatic rings. The number of nitrogens with zero attached hydrogens (tertiary/aromatic N) is 1. The second kappa shape index (κ2) is 14.8. The van der Waals surface area contributed by atoms with E-state index in [1.165, 1.54) is 0 Å². The second-order valence-corrected chi connectivity index (χ2v) is 10.2. The highest BCUT2D eigenvalue weighted by molar-refractivity contribution is 7.99. The van der Waals surface area contributed by atoms with E-state index in [4.69, 9.17) is 34.8 Å². The molecule has 2 aromatic carbocycles. The molecule has 0 spiro atoms. The Morgan fingerprint density at radius 2 is 1.70 bits per heavy atom. The number of nitrogens with one attached hydrogen (secondary N) is 1. The lowest BCUT2D eigenvalue weighted by molar-refractivity contribution is -0.141. The number of halogens is 3. The number of hydrogen-bond donors (Lipinski definition) is 1. The van der Waals surface area contributed by atoms with Crippen LogP contribution in [-0.2, 0) is 16.1 Å². The Kier molecular flexibility index (Phi) is 12.5. The third-order valence-corrected chi connectivity index (χ3v) is 7.13. The number of thioether (sulfide) groups is 1. The van der Waals surface area contributed by atoms with Gasteiger partial charge in [0.1, 0.15) is 6.04 Å². The van der Waals surface area contributed by atoms with E-state index in [0.717, 1.165) is 29.1 Å². The highest BCUT2D eigenvalue weighted by Crippen LogP contribution is 2.25. The molecule has 1 N–H and O–H groups in total. The van der Waals surface area contributed by atoms with E-state index in [2.05, 4.69) is 12.2 Å². The topological polar surface area (TPSA) is 49.4 Å². The minimum absolute atomic E-state index is 0.0600. The van der Waals surface area contributed by atoms with Gasteiger partial charge in [0.25, 0.3) is 0 Å². The summed E-state index contributed by atoms with van der Waals surface area (Å²) in [7, 11) is 0. The molecule has 2 amide bonds. The SMILES string of the molecule is CCCCNC(=O)C(CC)N(Cc1ccc(Cl)cc1Cl)C(=O)CCCSc1ccc(Cl)cc1. The number of unbranched alkanes of at least 4 members (excludes halogenated alkanes) is 1. The lowest BCUT2D eigenvalue weighted by Gasteiger charge is -2.31. The molecule has 0 radical (unpaired) electrons. The maximum atomic E-state index is 13.3. The zero-order valence-electron chi connectivity index (χ0n) is 19.1. The molecule has 1 atom stereocenters. The van der Waals surface area contributed by atoms with Crippen LogP contribution >= 0.6 is 46.6 Å². The lowest BCUT2D eigenvalue weighted by atomic mass is 10.1. The summed E-state index contributed by atoms with van der Waals surface area (Å²) in [4.78, 5) is 28.9.